The molecule has 0 aromatic rings. The molecule has 0 heterocycles. The second-order valence-corrected chi connectivity index (χ2v) is 5.58. The van der Waals surface area contributed by atoms with Gasteiger partial charge in [0.05, 0.1) is 6.61 Å². The molecule has 0 spiro atoms. The lowest BCUT2D eigenvalue weighted by molar-refractivity contribution is -0.00420. The third-order valence-electron chi connectivity index (χ3n) is 4.44. The largest absolute Gasteiger partial charge is 0.384 e. The van der Waals surface area contributed by atoms with Crippen molar-refractivity contribution in [3.05, 3.63) is 0 Å². The highest BCUT2D eigenvalue weighted by Gasteiger charge is 2.42. The number of methoxy groups -OCH3 is 1. The second kappa shape index (κ2) is 6.61. The van der Waals surface area contributed by atoms with Crippen LogP contribution in [0.4, 0.5) is 0 Å². The molecule has 0 aromatic heterocycles. The van der Waals surface area contributed by atoms with Crippen molar-refractivity contribution in [1.82, 2.24) is 5.32 Å². The predicted octanol–water partition coefficient (Wildman–Crippen LogP) is 3.07. The summed E-state index contributed by atoms with van der Waals surface area (Å²) in [5, 5.41) is 3.55. The Morgan fingerprint density at radius 3 is 2.38 bits per heavy atom. The van der Waals surface area contributed by atoms with Crippen molar-refractivity contribution in [2.45, 2.75) is 46.5 Å². The van der Waals surface area contributed by atoms with Crippen LogP contribution in [0.25, 0.3) is 0 Å². The van der Waals surface area contributed by atoms with E-state index in [9.17, 15) is 0 Å². The molecular formula is C14H29NO. The van der Waals surface area contributed by atoms with Crippen LogP contribution in [-0.2, 0) is 4.74 Å². The summed E-state index contributed by atoms with van der Waals surface area (Å²) in [5.41, 5.74) is 0.348. The number of rotatable bonds is 7. The first-order valence-electron chi connectivity index (χ1n) is 6.87. The van der Waals surface area contributed by atoms with E-state index in [1.807, 2.05) is 7.11 Å². The van der Waals surface area contributed by atoms with Crippen LogP contribution in [0.3, 0.4) is 0 Å². The van der Waals surface area contributed by atoms with Gasteiger partial charge in [-0.15, -0.1) is 0 Å². The van der Waals surface area contributed by atoms with E-state index < -0.39 is 0 Å². The first kappa shape index (κ1) is 14.0. The summed E-state index contributed by atoms with van der Waals surface area (Å²) in [5.74, 6) is 1.54. The summed E-state index contributed by atoms with van der Waals surface area (Å²) in [6.07, 6.45) is 5.61. The van der Waals surface area contributed by atoms with Crippen LogP contribution in [0.5, 0.6) is 0 Å². The van der Waals surface area contributed by atoms with Crippen molar-refractivity contribution >= 4 is 0 Å². The van der Waals surface area contributed by atoms with Gasteiger partial charge in [0.2, 0.25) is 0 Å². The quantitative estimate of drug-likeness (QED) is 0.721. The van der Waals surface area contributed by atoms with Crippen LogP contribution in [0.1, 0.15) is 46.5 Å². The molecule has 1 rings (SSSR count). The summed E-state index contributed by atoms with van der Waals surface area (Å²) >= 11 is 0. The molecule has 1 fully saturated rings. The SMILES string of the molecule is CCNCC(COC)(C(C)C)C1CCCC1. The van der Waals surface area contributed by atoms with Gasteiger partial charge in [-0.25, -0.2) is 0 Å². The Bertz CT molecular complexity index is 187. The molecule has 2 heteroatoms. The molecule has 1 unspecified atom stereocenters. The third-order valence-corrected chi connectivity index (χ3v) is 4.44. The average Bonchev–Trinajstić information content (AvgIpc) is 2.77. The van der Waals surface area contributed by atoms with Crippen LogP contribution in [0.15, 0.2) is 0 Å². The molecule has 1 aliphatic rings. The summed E-state index contributed by atoms with van der Waals surface area (Å²) in [7, 11) is 1.85. The first-order chi connectivity index (χ1) is 7.67. The Kier molecular flexibility index (Phi) is 5.77. The van der Waals surface area contributed by atoms with Gasteiger partial charge in [-0.3, -0.25) is 0 Å². The summed E-state index contributed by atoms with van der Waals surface area (Å²) in [6, 6.07) is 0. The van der Waals surface area contributed by atoms with Crippen molar-refractivity contribution in [3.8, 4) is 0 Å². The molecule has 0 aromatic carbocycles. The maximum absolute atomic E-state index is 5.54. The van der Waals surface area contributed by atoms with Crippen molar-refractivity contribution in [1.29, 1.82) is 0 Å². The van der Waals surface area contributed by atoms with Crippen molar-refractivity contribution in [2.24, 2.45) is 17.3 Å². The Labute approximate surface area is 101 Å². The molecular weight excluding hydrogens is 198 g/mol. The third kappa shape index (κ3) is 2.98. The molecule has 0 aliphatic heterocycles. The van der Waals surface area contributed by atoms with Crippen LogP contribution >= 0.6 is 0 Å². The molecule has 1 saturated carbocycles. The topological polar surface area (TPSA) is 21.3 Å². The minimum Gasteiger partial charge on any atom is -0.384 e. The molecule has 0 saturated heterocycles. The van der Waals surface area contributed by atoms with E-state index in [2.05, 4.69) is 26.1 Å². The van der Waals surface area contributed by atoms with E-state index in [1.165, 1.54) is 25.7 Å². The zero-order valence-corrected chi connectivity index (χ0v) is 11.5. The highest BCUT2D eigenvalue weighted by atomic mass is 16.5. The van der Waals surface area contributed by atoms with Crippen molar-refractivity contribution < 1.29 is 4.74 Å². The van der Waals surface area contributed by atoms with E-state index >= 15 is 0 Å². The van der Waals surface area contributed by atoms with Gasteiger partial charge in [-0.2, -0.15) is 0 Å². The van der Waals surface area contributed by atoms with Crippen molar-refractivity contribution in [2.75, 3.05) is 26.8 Å². The number of ether oxygens (including phenoxy) is 1. The van der Waals surface area contributed by atoms with Crippen LogP contribution < -0.4 is 5.32 Å². The fourth-order valence-electron chi connectivity index (χ4n) is 3.28. The zero-order chi connectivity index (χ0) is 12.0. The average molecular weight is 227 g/mol. The van der Waals surface area contributed by atoms with E-state index in [1.54, 1.807) is 0 Å². The monoisotopic (exact) mass is 227 g/mol. The number of nitrogens with one attached hydrogen (secondary N) is 1. The van der Waals surface area contributed by atoms with E-state index in [-0.39, 0.29) is 0 Å². The highest BCUT2D eigenvalue weighted by molar-refractivity contribution is 4.93. The van der Waals surface area contributed by atoms with Crippen molar-refractivity contribution in [3.63, 3.8) is 0 Å². The van der Waals surface area contributed by atoms with Gasteiger partial charge < -0.3 is 10.1 Å². The van der Waals surface area contributed by atoms with Crippen LogP contribution in [0, 0.1) is 17.3 Å². The highest BCUT2D eigenvalue weighted by Crippen LogP contribution is 2.44. The Morgan fingerprint density at radius 2 is 1.94 bits per heavy atom. The fourth-order valence-corrected chi connectivity index (χ4v) is 3.28. The first-order valence-corrected chi connectivity index (χ1v) is 6.87. The van der Waals surface area contributed by atoms with E-state index in [0.29, 0.717) is 11.3 Å². The lowest BCUT2D eigenvalue weighted by Gasteiger charge is -2.42. The molecule has 0 radical (unpaired) electrons. The molecule has 96 valence electrons. The molecule has 1 atom stereocenters. The van der Waals surface area contributed by atoms with Gasteiger partial charge in [0.15, 0.2) is 0 Å². The minimum atomic E-state index is 0.348. The van der Waals surface area contributed by atoms with Crippen LogP contribution in [0.2, 0.25) is 0 Å². The predicted molar refractivity (Wildman–Crippen MR) is 69.6 cm³/mol. The maximum atomic E-state index is 5.54. The Hall–Kier alpha value is -0.0800. The summed E-state index contributed by atoms with van der Waals surface area (Å²) in [4.78, 5) is 0. The number of hydrogen-bond acceptors (Lipinski definition) is 2. The molecule has 1 N–H and O–H groups in total. The van der Waals surface area contributed by atoms with Gasteiger partial charge in [0.25, 0.3) is 0 Å². The lowest BCUT2D eigenvalue weighted by Crippen LogP contribution is -2.47. The zero-order valence-electron chi connectivity index (χ0n) is 11.5. The van der Waals surface area contributed by atoms with Crippen LogP contribution in [-0.4, -0.2) is 26.8 Å². The number of hydrogen-bond donors (Lipinski definition) is 1. The molecule has 1 aliphatic carbocycles. The normalized spacial score (nSPS) is 21.6. The summed E-state index contributed by atoms with van der Waals surface area (Å²) < 4.78 is 5.54. The standard InChI is InChI=1S/C14H29NO/c1-5-15-10-14(11-16-4,12(2)3)13-8-6-7-9-13/h12-13,15H,5-11H2,1-4H3. The lowest BCUT2D eigenvalue weighted by atomic mass is 9.67. The van der Waals surface area contributed by atoms with Gasteiger partial charge in [-0.05, 0) is 31.2 Å². The Morgan fingerprint density at radius 1 is 1.31 bits per heavy atom. The molecule has 2 nitrogen and oxygen atoms in total. The summed E-state index contributed by atoms with van der Waals surface area (Å²) in [6.45, 7) is 9.98. The van der Waals surface area contributed by atoms with E-state index in [4.69, 9.17) is 4.74 Å². The fraction of sp³-hybridized carbons (Fsp3) is 1.00. The second-order valence-electron chi connectivity index (χ2n) is 5.58. The van der Waals surface area contributed by atoms with Gasteiger partial charge in [0.1, 0.15) is 0 Å². The van der Waals surface area contributed by atoms with Gasteiger partial charge in [0, 0.05) is 19.1 Å². The maximum Gasteiger partial charge on any atom is 0.0535 e. The van der Waals surface area contributed by atoms with Gasteiger partial charge >= 0.3 is 0 Å². The molecule has 0 amide bonds. The van der Waals surface area contributed by atoms with E-state index in [0.717, 1.165) is 25.6 Å². The minimum absolute atomic E-state index is 0.348. The molecule has 0 bridgehead atoms. The Balaban J connectivity index is 2.76. The molecule has 16 heavy (non-hydrogen) atoms. The van der Waals surface area contributed by atoms with Gasteiger partial charge in [-0.1, -0.05) is 33.6 Å². The smallest absolute Gasteiger partial charge is 0.0535 e.